The maximum Gasteiger partial charge on any atom is 0.261 e. The summed E-state index contributed by atoms with van der Waals surface area (Å²) >= 11 is 0. The molecule has 0 atom stereocenters. The number of hydrogen-bond donors (Lipinski definition) is 1. The van der Waals surface area contributed by atoms with Crippen LogP contribution in [0.4, 0.5) is 5.69 Å². The van der Waals surface area contributed by atoms with Gasteiger partial charge in [0.05, 0.1) is 17.7 Å². The largest absolute Gasteiger partial charge is 0.496 e. The fourth-order valence-corrected chi connectivity index (χ4v) is 3.61. The van der Waals surface area contributed by atoms with E-state index >= 15 is 0 Å². The van der Waals surface area contributed by atoms with Crippen molar-refractivity contribution in [2.24, 2.45) is 0 Å². The van der Waals surface area contributed by atoms with Gasteiger partial charge in [-0.15, -0.1) is 0 Å². The molecule has 0 unspecified atom stereocenters. The minimum Gasteiger partial charge on any atom is -0.496 e. The highest BCUT2D eigenvalue weighted by atomic mass is 32.2. The zero-order valence-electron chi connectivity index (χ0n) is 13.9. The Labute approximate surface area is 147 Å². The molecule has 1 N–H and O–H groups in total. The summed E-state index contributed by atoms with van der Waals surface area (Å²) < 4.78 is 32.9. The molecular weight excluding hydrogens is 336 g/mol. The fourth-order valence-electron chi connectivity index (χ4n) is 2.54. The molecule has 0 amide bonds. The highest BCUT2D eigenvalue weighted by molar-refractivity contribution is 7.92. The van der Waals surface area contributed by atoms with Gasteiger partial charge in [-0.1, -0.05) is 18.2 Å². The molecule has 0 saturated heterocycles. The molecule has 0 radical (unpaired) electrons. The molecule has 6 heteroatoms. The number of nitrogens with zero attached hydrogens (tertiary/aromatic N) is 1. The molecule has 1 heterocycles. The number of anilines is 1. The van der Waals surface area contributed by atoms with Gasteiger partial charge >= 0.3 is 0 Å². The molecule has 0 fully saturated rings. The number of aromatic nitrogens is 1. The predicted molar refractivity (Wildman–Crippen MR) is 98.2 cm³/mol. The Hall–Kier alpha value is -2.86. The summed E-state index contributed by atoms with van der Waals surface area (Å²) in [5, 5.41) is 0. The van der Waals surface area contributed by atoms with Crippen LogP contribution >= 0.6 is 0 Å². The van der Waals surface area contributed by atoms with Crippen LogP contribution in [0.25, 0.3) is 11.1 Å². The van der Waals surface area contributed by atoms with Crippen LogP contribution in [0.5, 0.6) is 5.75 Å². The molecule has 0 aliphatic carbocycles. The van der Waals surface area contributed by atoms with Crippen molar-refractivity contribution in [1.82, 2.24) is 4.98 Å². The minimum atomic E-state index is -3.64. The van der Waals surface area contributed by atoms with Gasteiger partial charge in [-0.05, 0) is 42.8 Å². The first-order chi connectivity index (χ1) is 12.0. The number of aryl methyl sites for hydroxylation is 1. The number of sulfonamides is 1. The Morgan fingerprint density at radius 1 is 1.00 bits per heavy atom. The number of benzene rings is 2. The van der Waals surface area contributed by atoms with Gasteiger partial charge in [-0.25, -0.2) is 8.42 Å². The summed E-state index contributed by atoms with van der Waals surface area (Å²) in [6.45, 7) is 1.99. The van der Waals surface area contributed by atoms with E-state index < -0.39 is 10.0 Å². The van der Waals surface area contributed by atoms with Crippen LogP contribution in [-0.2, 0) is 10.0 Å². The second-order valence-corrected chi connectivity index (χ2v) is 7.21. The molecule has 0 aliphatic heterocycles. The topological polar surface area (TPSA) is 68.3 Å². The van der Waals surface area contributed by atoms with Crippen LogP contribution in [0, 0.1) is 6.92 Å². The highest BCUT2D eigenvalue weighted by Gasteiger charge is 2.15. The van der Waals surface area contributed by atoms with Crippen LogP contribution in [0.15, 0.2) is 71.9 Å². The van der Waals surface area contributed by atoms with Crippen LogP contribution in [0.3, 0.4) is 0 Å². The minimum absolute atomic E-state index is 0.209. The molecule has 0 aliphatic rings. The standard InChI is InChI=1S/C19H18N2O3S/c1-14-10-11-20-13-18(14)17-9-8-15(12-19(17)24-2)21-25(22,23)16-6-4-3-5-7-16/h3-13,21H,1-2H3. The average molecular weight is 354 g/mol. The lowest BCUT2D eigenvalue weighted by Crippen LogP contribution is -2.12. The lowest BCUT2D eigenvalue weighted by atomic mass is 10.0. The number of nitrogens with one attached hydrogen (secondary N) is 1. The Morgan fingerprint density at radius 2 is 1.76 bits per heavy atom. The zero-order valence-corrected chi connectivity index (χ0v) is 14.7. The van der Waals surface area contributed by atoms with Gasteiger partial charge in [0.15, 0.2) is 0 Å². The van der Waals surface area contributed by atoms with Crippen molar-refractivity contribution in [2.45, 2.75) is 11.8 Å². The van der Waals surface area contributed by atoms with Crippen molar-refractivity contribution in [3.05, 3.63) is 72.6 Å². The van der Waals surface area contributed by atoms with E-state index in [2.05, 4.69) is 9.71 Å². The summed E-state index contributed by atoms with van der Waals surface area (Å²) in [6.07, 6.45) is 3.49. The number of hydrogen-bond acceptors (Lipinski definition) is 4. The average Bonchev–Trinajstić information content (AvgIpc) is 2.63. The van der Waals surface area contributed by atoms with Crippen molar-refractivity contribution in [1.29, 1.82) is 0 Å². The first-order valence-corrected chi connectivity index (χ1v) is 9.16. The van der Waals surface area contributed by atoms with Crippen LogP contribution in [0.2, 0.25) is 0 Å². The zero-order chi connectivity index (χ0) is 17.9. The molecule has 0 bridgehead atoms. The molecular formula is C19H18N2O3S. The second-order valence-electron chi connectivity index (χ2n) is 5.52. The summed E-state index contributed by atoms with van der Waals surface area (Å²) in [6, 6.07) is 15.4. The normalized spacial score (nSPS) is 11.1. The molecule has 0 saturated carbocycles. The maximum absolute atomic E-state index is 12.4. The van der Waals surface area contributed by atoms with Crippen LogP contribution in [0.1, 0.15) is 5.56 Å². The van der Waals surface area contributed by atoms with Crippen molar-refractivity contribution in [2.75, 3.05) is 11.8 Å². The van der Waals surface area contributed by atoms with E-state index in [0.29, 0.717) is 11.4 Å². The lowest BCUT2D eigenvalue weighted by Gasteiger charge is -2.14. The van der Waals surface area contributed by atoms with Gasteiger partial charge in [-0.2, -0.15) is 0 Å². The number of rotatable bonds is 5. The number of ether oxygens (including phenoxy) is 1. The van der Waals surface area contributed by atoms with Crippen molar-refractivity contribution >= 4 is 15.7 Å². The Bertz CT molecular complexity index is 987. The SMILES string of the molecule is COc1cc(NS(=O)(=O)c2ccccc2)ccc1-c1cnccc1C. The van der Waals surface area contributed by atoms with Gasteiger partial charge < -0.3 is 4.74 Å². The van der Waals surface area contributed by atoms with E-state index in [4.69, 9.17) is 4.74 Å². The van der Waals surface area contributed by atoms with Crippen molar-refractivity contribution < 1.29 is 13.2 Å². The Morgan fingerprint density at radius 3 is 2.44 bits per heavy atom. The molecule has 3 rings (SSSR count). The maximum atomic E-state index is 12.4. The van der Waals surface area contributed by atoms with Crippen LogP contribution in [-0.4, -0.2) is 20.5 Å². The quantitative estimate of drug-likeness (QED) is 0.755. The Balaban J connectivity index is 1.97. The molecule has 1 aromatic heterocycles. The smallest absolute Gasteiger partial charge is 0.261 e. The third-order valence-electron chi connectivity index (χ3n) is 3.84. The van der Waals surface area contributed by atoms with Gasteiger partial charge in [0.2, 0.25) is 0 Å². The lowest BCUT2D eigenvalue weighted by molar-refractivity contribution is 0.416. The highest BCUT2D eigenvalue weighted by Crippen LogP contribution is 2.34. The third-order valence-corrected chi connectivity index (χ3v) is 5.23. The van der Waals surface area contributed by atoms with E-state index in [1.807, 2.05) is 19.1 Å². The van der Waals surface area contributed by atoms with E-state index in [9.17, 15) is 8.42 Å². The van der Waals surface area contributed by atoms with E-state index in [0.717, 1.165) is 16.7 Å². The third kappa shape index (κ3) is 3.64. The molecule has 25 heavy (non-hydrogen) atoms. The first-order valence-electron chi connectivity index (χ1n) is 7.68. The molecule has 5 nitrogen and oxygen atoms in total. The van der Waals surface area contributed by atoms with E-state index in [1.165, 1.54) is 0 Å². The van der Waals surface area contributed by atoms with E-state index in [-0.39, 0.29) is 4.90 Å². The monoisotopic (exact) mass is 354 g/mol. The fraction of sp³-hybridized carbons (Fsp3) is 0.105. The van der Waals surface area contributed by atoms with Crippen LogP contribution < -0.4 is 9.46 Å². The molecule has 0 spiro atoms. The molecule has 2 aromatic carbocycles. The van der Waals surface area contributed by atoms with E-state index in [1.54, 1.807) is 62.0 Å². The number of pyridine rings is 1. The van der Waals surface area contributed by atoms with Gasteiger partial charge in [0, 0.05) is 29.6 Å². The van der Waals surface area contributed by atoms with Gasteiger partial charge in [0.25, 0.3) is 10.0 Å². The molecule has 128 valence electrons. The van der Waals surface area contributed by atoms with Gasteiger partial charge in [-0.3, -0.25) is 9.71 Å². The van der Waals surface area contributed by atoms with Crippen molar-refractivity contribution in [3.63, 3.8) is 0 Å². The Kier molecular flexibility index (Phi) is 4.72. The summed E-state index contributed by atoms with van der Waals surface area (Å²) in [4.78, 5) is 4.36. The summed E-state index contributed by atoms with van der Waals surface area (Å²) in [5.41, 5.74) is 3.30. The molecule has 3 aromatic rings. The predicted octanol–water partition coefficient (Wildman–Crippen LogP) is 3.87. The second kappa shape index (κ2) is 6.94. The summed E-state index contributed by atoms with van der Waals surface area (Å²) in [5.74, 6) is 0.573. The first kappa shape index (κ1) is 17.0. The van der Waals surface area contributed by atoms with Gasteiger partial charge in [0.1, 0.15) is 5.75 Å². The van der Waals surface area contributed by atoms with Crippen molar-refractivity contribution in [3.8, 4) is 16.9 Å². The number of methoxy groups -OCH3 is 1. The summed E-state index contributed by atoms with van der Waals surface area (Å²) in [7, 11) is -2.09.